The van der Waals surface area contributed by atoms with E-state index in [1.165, 1.54) is 21.5 Å². The molecule has 8 rings (SSSR count). The van der Waals surface area contributed by atoms with Crippen molar-refractivity contribution in [2.75, 3.05) is 49.1 Å². The van der Waals surface area contributed by atoms with Crippen molar-refractivity contribution in [1.29, 1.82) is 0 Å². The number of fused-ring (bicyclic) bond motifs is 2. The first kappa shape index (κ1) is 37.7. The van der Waals surface area contributed by atoms with Crippen molar-refractivity contribution in [3.05, 3.63) is 109 Å². The van der Waals surface area contributed by atoms with Crippen LogP contribution in [0.25, 0.3) is 44.3 Å². The van der Waals surface area contributed by atoms with Gasteiger partial charge in [-0.05, 0) is 111 Å². The highest BCUT2D eigenvalue weighted by Gasteiger charge is 2.23. The Morgan fingerprint density at radius 1 is 0.673 bits per heavy atom. The number of nitrogens with zero attached hydrogens (tertiary/aromatic N) is 6. The second kappa shape index (κ2) is 17.2. The van der Waals surface area contributed by atoms with Crippen molar-refractivity contribution < 1.29 is 9.53 Å². The second-order valence-electron chi connectivity index (χ2n) is 15.6. The van der Waals surface area contributed by atoms with Crippen LogP contribution < -0.4 is 20.9 Å². The van der Waals surface area contributed by atoms with Crippen LogP contribution in [-0.2, 0) is 4.74 Å². The third kappa shape index (κ3) is 9.93. The Kier molecular flexibility index (Phi) is 11.8. The SMILES string of the molecule is CC(C)(C)OC(=O)NCC1CCN(c2ccnc(-c3ccc4ccccc4c3)n2)CC1.NCC1CCN(c2ccnc(-c3ccc4ccccc4c3)n2)CC1. The summed E-state index contributed by atoms with van der Waals surface area (Å²) >= 11 is 0. The molecule has 0 saturated carbocycles. The van der Waals surface area contributed by atoms with Crippen LogP contribution in [0.15, 0.2) is 109 Å². The number of piperidine rings is 2. The Balaban J connectivity index is 0.000000174. The molecule has 4 heterocycles. The minimum atomic E-state index is -0.469. The van der Waals surface area contributed by atoms with Gasteiger partial charge in [-0.15, -0.1) is 0 Å². The fourth-order valence-electron chi connectivity index (χ4n) is 7.29. The molecule has 0 radical (unpaired) electrons. The molecular weight excluding hydrogens is 685 g/mol. The maximum absolute atomic E-state index is 11.9. The number of rotatable bonds is 7. The Morgan fingerprint density at radius 2 is 1.13 bits per heavy atom. The first-order chi connectivity index (χ1) is 26.7. The van der Waals surface area contributed by atoms with Gasteiger partial charge in [0.05, 0.1) is 0 Å². The number of hydrogen-bond donors (Lipinski definition) is 2. The number of carbonyl (C=O) groups is 1. The van der Waals surface area contributed by atoms with E-state index in [9.17, 15) is 4.79 Å². The van der Waals surface area contributed by atoms with Gasteiger partial charge in [0.1, 0.15) is 17.2 Å². The number of aromatic nitrogens is 4. The summed E-state index contributed by atoms with van der Waals surface area (Å²) in [6, 6.07) is 33.4. The number of anilines is 2. The maximum Gasteiger partial charge on any atom is 0.407 e. The third-order valence-electron chi connectivity index (χ3n) is 10.4. The highest BCUT2D eigenvalue weighted by molar-refractivity contribution is 5.87. The lowest BCUT2D eigenvalue weighted by molar-refractivity contribution is 0.0516. The lowest BCUT2D eigenvalue weighted by Gasteiger charge is -2.33. The molecule has 3 N–H and O–H groups in total. The van der Waals surface area contributed by atoms with E-state index in [4.69, 9.17) is 20.4 Å². The van der Waals surface area contributed by atoms with Gasteiger partial charge >= 0.3 is 6.09 Å². The molecule has 55 heavy (non-hydrogen) atoms. The van der Waals surface area contributed by atoms with E-state index < -0.39 is 5.60 Å². The normalized spacial score (nSPS) is 15.4. The van der Waals surface area contributed by atoms with Gasteiger partial charge in [0.25, 0.3) is 0 Å². The average Bonchev–Trinajstić information content (AvgIpc) is 3.22. The summed E-state index contributed by atoms with van der Waals surface area (Å²) in [5.74, 6) is 4.62. The summed E-state index contributed by atoms with van der Waals surface area (Å²) < 4.78 is 5.32. The molecule has 2 aromatic heterocycles. The van der Waals surface area contributed by atoms with Crippen LogP contribution in [-0.4, -0.2) is 70.9 Å². The van der Waals surface area contributed by atoms with Gasteiger partial charge in [0.15, 0.2) is 11.6 Å². The Morgan fingerprint density at radius 3 is 1.58 bits per heavy atom. The Hall–Kier alpha value is -5.61. The summed E-state index contributed by atoms with van der Waals surface area (Å²) in [5, 5.41) is 7.76. The number of benzene rings is 4. The van der Waals surface area contributed by atoms with E-state index in [-0.39, 0.29) is 6.09 Å². The van der Waals surface area contributed by atoms with Gasteiger partial charge in [-0.25, -0.2) is 24.7 Å². The molecule has 2 aliphatic heterocycles. The quantitative estimate of drug-likeness (QED) is 0.166. The summed E-state index contributed by atoms with van der Waals surface area (Å²) in [7, 11) is 0. The molecule has 1 amide bonds. The van der Waals surface area contributed by atoms with E-state index in [2.05, 4.69) is 97.9 Å². The first-order valence-electron chi connectivity index (χ1n) is 19.5. The molecule has 284 valence electrons. The molecule has 0 aliphatic carbocycles. The lowest BCUT2D eigenvalue weighted by Crippen LogP contribution is -2.40. The number of hydrogen-bond acceptors (Lipinski definition) is 9. The summed E-state index contributed by atoms with van der Waals surface area (Å²) in [4.78, 5) is 35.2. The zero-order chi connectivity index (χ0) is 38.2. The van der Waals surface area contributed by atoms with Crippen LogP contribution in [0, 0.1) is 11.8 Å². The number of nitrogens with two attached hydrogens (primary N) is 1. The van der Waals surface area contributed by atoms with Crippen LogP contribution in [0.1, 0.15) is 46.5 Å². The zero-order valence-electron chi connectivity index (χ0n) is 32.2. The minimum absolute atomic E-state index is 0.342. The summed E-state index contributed by atoms with van der Waals surface area (Å²) in [6.07, 6.45) is 7.66. The van der Waals surface area contributed by atoms with Gasteiger partial charge in [0.2, 0.25) is 0 Å². The molecule has 2 saturated heterocycles. The molecule has 0 atom stereocenters. The van der Waals surface area contributed by atoms with Gasteiger partial charge in [-0.1, -0.05) is 72.8 Å². The molecule has 0 unspecified atom stereocenters. The monoisotopic (exact) mass is 736 g/mol. The van der Waals surface area contributed by atoms with Gasteiger partial charge in [0, 0.05) is 56.2 Å². The van der Waals surface area contributed by atoms with E-state index in [1.807, 2.05) is 57.4 Å². The van der Waals surface area contributed by atoms with Crippen LogP contribution in [0.5, 0.6) is 0 Å². The topological polar surface area (TPSA) is 122 Å². The van der Waals surface area contributed by atoms with Crippen LogP contribution in [0.2, 0.25) is 0 Å². The predicted molar refractivity (Wildman–Crippen MR) is 223 cm³/mol. The number of amides is 1. The highest BCUT2D eigenvalue weighted by Crippen LogP contribution is 2.27. The molecule has 0 spiro atoms. The van der Waals surface area contributed by atoms with Crippen LogP contribution in [0.4, 0.5) is 16.4 Å². The molecule has 6 aromatic rings. The fraction of sp³-hybridized carbons (Fsp3) is 0.356. The summed E-state index contributed by atoms with van der Waals surface area (Å²) in [5.41, 5.74) is 7.41. The molecular formula is C45H52N8O2. The van der Waals surface area contributed by atoms with Crippen molar-refractivity contribution >= 4 is 39.3 Å². The van der Waals surface area contributed by atoms with Gasteiger partial charge in [-0.2, -0.15) is 0 Å². The molecule has 10 heteroatoms. The molecule has 2 fully saturated rings. The number of ether oxygens (including phenoxy) is 1. The maximum atomic E-state index is 11.9. The molecule has 10 nitrogen and oxygen atoms in total. The number of carbonyl (C=O) groups excluding carboxylic acids is 1. The molecule has 4 aromatic carbocycles. The fourth-order valence-corrected chi connectivity index (χ4v) is 7.29. The first-order valence-corrected chi connectivity index (χ1v) is 19.5. The average molecular weight is 737 g/mol. The van der Waals surface area contributed by atoms with Crippen molar-refractivity contribution in [3.8, 4) is 22.8 Å². The van der Waals surface area contributed by atoms with E-state index in [0.29, 0.717) is 18.4 Å². The zero-order valence-corrected chi connectivity index (χ0v) is 32.2. The predicted octanol–water partition coefficient (Wildman–Crippen LogP) is 8.51. The van der Waals surface area contributed by atoms with Crippen molar-refractivity contribution in [2.24, 2.45) is 17.6 Å². The highest BCUT2D eigenvalue weighted by atomic mass is 16.6. The largest absolute Gasteiger partial charge is 0.444 e. The third-order valence-corrected chi connectivity index (χ3v) is 10.4. The van der Waals surface area contributed by atoms with Crippen LogP contribution in [0.3, 0.4) is 0 Å². The van der Waals surface area contributed by atoms with Gasteiger partial charge in [-0.3, -0.25) is 0 Å². The standard InChI is InChI=1S/C25H30N4O2.C20H22N4/c1-25(2,3)31-24(30)27-17-18-11-14-29(15-12-18)22-10-13-26-23(28-22)21-9-8-19-6-4-5-7-20(19)16-21;21-14-15-8-11-24(12-9-15)19-7-10-22-20(23-19)18-6-5-16-3-1-2-4-17(16)13-18/h4-10,13,16,18H,11-12,14-15,17H2,1-3H3,(H,27,30);1-7,10,13,15H,8-9,11-12,14,21H2. The minimum Gasteiger partial charge on any atom is -0.444 e. The van der Waals surface area contributed by atoms with Crippen LogP contribution >= 0.6 is 0 Å². The smallest absolute Gasteiger partial charge is 0.407 e. The number of nitrogens with one attached hydrogen (secondary N) is 1. The summed E-state index contributed by atoms with van der Waals surface area (Å²) in [6.45, 7) is 10.9. The number of alkyl carbamates (subject to hydrolysis) is 1. The Bertz CT molecular complexity index is 2200. The second-order valence-corrected chi connectivity index (χ2v) is 15.6. The molecule has 2 aliphatic rings. The Labute approximate surface area is 324 Å². The van der Waals surface area contributed by atoms with E-state index >= 15 is 0 Å². The van der Waals surface area contributed by atoms with E-state index in [1.54, 1.807) is 0 Å². The van der Waals surface area contributed by atoms with Crippen molar-refractivity contribution in [3.63, 3.8) is 0 Å². The van der Waals surface area contributed by atoms with Crippen molar-refractivity contribution in [2.45, 2.75) is 52.1 Å². The van der Waals surface area contributed by atoms with Crippen molar-refractivity contribution in [1.82, 2.24) is 25.3 Å². The van der Waals surface area contributed by atoms with Gasteiger partial charge < -0.3 is 25.6 Å². The van der Waals surface area contributed by atoms with E-state index in [0.717, 1.165) is 92.8 Å². The molecule has 0 bridgehead atoms. The lowest BCUT2D eigenvalue weighted by atomic mass is 9.97.